The van der Waals surface area contributed by atoms with E-state index in [-0.39, 0.29) is 49.7 Å². The molecule has 15 unspecified atom stereocenters. The van der Waals surface area contributed by atoms with Crippen LogP contribution in [0.5, 0.6) is 11.5 Å². The lowest BCUT2D eigenvalue weighted by Crippen LogP contribution is -2.64. The molecular formula is C62H83N9O17. The third-order valence-corrected chi connectivity index (χ3v) is 16.0. The fraction of sp³-hybridized carbons (Fsp3) is 0.500. The second-order valence-corrected chi connectivity index (χ2v) is 22.7. The number of carbonyl (C=O) groups is 7. The monoisotopic (exact) mass is 1230 g/mol. The minimum atomic E-state index is -2.29. The van der Waals surface area contributed by atoms with Gasteiger partial charge in [-0.1, -0.05) is 87.4 Å². The smallest absolute Gasteiger partial charge is 0.251 e. The molecule has 16 N–H and O–H groups in total. The molecule has 3 aliphatic rings. The summed E-state index contributed by atoms with van der Waals surface area (Å²) < 4.78 is 5.86. The maximum Gasteiger partial charge on any atom is 0.251 e. The lowest BCUT2D eigenvalue weighted by molar-refractivity contribution is -0.148. The lowest BCUT2D eigenvalue weighted by atomic mass is 9.96. The second kappa shape index (κ2) is 31.5. The van der Waals surface area contributed by atoms with E-state index in [9.17, 15) is 79.5 Å². The van der Waals surface area contributed by atoms with Gasteiger partial charge in [0, 0.05) is 57.0 Å². The fourth-order valence-corrected chi connectivity index (χ4v) is 10.9. The number of benzene rings is 4. The molecular weight excluding hydrogens is 1140 g/mol. The van der Waals surface area contributed by atoms with Crippen LogP contribution in [0.3, 0.4) is 0 Å². The molecule has 3 aliphatic heterocycles. The maximum absolute atomic E-state index is 14.8. The van der Waals surface area contributed by atoms with Crippen LogP contribution in [0.4, 0.5) is 0 Å². The van der Waals surface area contributed by atoms with E-state index >= 15 is 0 Å². The predicted octanol–water partition coefficient (Wildman–Crippen LogP) is -1.75. The number of ether oxygens (including phenoxy) is 1. The highest BCUT2D eigenvalue weighted by Crippen LogP contribution is 2.30. The van der Waals surface area contributed by atoms with Crippen LogP contribution in [-0.4, -0.2) is 222 Å². The van der Waals surface area contributed by atoms with Gasteiger partial charge >= 0.3 is 0 Å². The fourth-order valence-electron chi connectivity index (χ4n) is 10.9. The van der Waals surface area contributed by atoms with Crippen LogP contribution >= 0.6 is 0 Å². The molecule has 0 saturated carbocycles. The van der Waals surface area contributed by atoms with Crippen molar-refractivity contribution < 1.29 is 84.3 Å². The SMILES string of the molecule is CCCCCOc1ccc(-c2ccc(-c3ccc(C(=O)NC4CC(O)C(NCCNCCO)NC(=O)C5C(O)C(C)CN5C(=O)C(C(C)O)NC(=O)C(C(O)C(O)c5ccc(O)cc5)NC(=O)C5CC(O)CN5C(=O)C(C(C)O)NC4=O)cc3)cc2)cc1. The number of carbonyl (C=O) groups excluding carboxylic acids is 7. The van der Waals surface area contributed by atoms with Crippen molar-refractivity contribution in [1.29, 1.82) is 0 Å². The van der Waals surface area contributed by atoms with Crippen molar-refractivity contribution in [1.82, 2.24) is 47.0 Å². The number of phenols is 1. The second-order valence-electron chi connectivity index (χ2n) is 22.7. The Balaban J connectivity index is 1.22. The molecule has 0 spiro atoms. The third kappa shape index (κ3) is 17.2. The van der Waals surface area contributed by atoms with Crippen LogP contribution in [-0.2, 0) is 28.8 Å². The normalized spacial score (nSPS) is 26.5. The Labute approximate surface area is 509 Å². The number of unbranched alkanes of at least 4 members (excludes halogenated alkanes) is 2. The van der Waals surface area contributed by atoms with Crippen molar-refractivity contribution in [2.24, 2.45) is 5.92 Å². The highest BCUT2D eigenvalue weighted by atomic mass is 16.5. The first kappa shape index (κ1) is 67.9. The molecule has 26 heteroatoms. The van der Waals surface area contributed by atoms with Crippen molar-refractivity contribution in [3.63, 3.8) is 0 Å². The standard InChI is InChI=1S/C62H83N9O17/c1-5-6-7-28-88-44-22-18-39(19-23-44)37-10-8-36(9-11-37)38-12-14-41(15-13-38)56(81)65-45-30-47(77)55(64-25-24-63-26-27-72)69-60(85)51-52(78)33(2)31-71(51)62(87)49(35(4)74)67-59(84)50(54(80)53(79)40-16-20-42(75)21-17-40)68-58(83)46-29-43(76)32-70(46)61(86)48(34(3)73)66-57(45)82/h8-23,33-35,43,45-55,63-64,72-80H,5-7,24-32H2,1-4H3,(H,65,81)(H,66,82)(H,67,84)(H,68,83)(H,69,85). The molecule has 26 nitrogen and oxygen atoms in total. The Hall–Kier alpha value is -7.63. The van der Waals surface area contributed by atoms with Gasteiger partial charge in [-0.05, 0) is 84.5 Å². The molecule has 15 atom stereocenters. The molecule has 478 valence electrons. The molecule has 4 aromatic rings. The summed E-state index contributed by atoms with van der Waals surface area (Å²) in [6.07, 6.45) is -12.4. The number of hydrogen-bond acceptors (Lipinski definition) is 19. The molecule has 3 fully saturated rings. The molecule has 3 heterocycles. The van der Waals surface area contributed by atoms with Gasteiger partial charge in [0.15, 0.2) is 0 Å². The molecule has 88 heavy (non-hydrogen) atoms. The van der Waals surface area contributed by atoms with Gasteiger partial charge in [0.1, 0.15) is 66.1 Å². The van der Waals surface area contributed by atoms with Crippen molar-refractivity contribution >= 4 is 41.4 Å². The van der Waals surface area contributed by atoms with Gasteiger partial charge in [0.05, 0.1) is 43.7 Å². The van der Waals surface area contributed by atoms with Crippen LogP contribution < -0.4 is 42.0 Å². The van der Waals surface area contributed by atoms with E-state index in [2.05, 4.69) is 44.1 Å². The van der Waals surface area contributed by atoms with E-state index in [0.717, 1.165) is 70.9 Å². The van der Waals surface area contributed by atoms with Gasteiger partial charge in [-0.2, -0.15) is 0 Å². The Morgan fingerprint density at radius 1 is 0.648 bits per heavy atom. The zero-order valence-electron chi connectivity index (χ0n) is 49.6. The van der Waals surface area contributed by atoms with Gasteiger partial charge < -0.3 is 92.4 Å². The zero-order valence-corrected chi connectivity index (χ0v) is 49.6. The van der Waals surface area contributed by atoms with Crippen molar-refractivity contribution in [2.45, 2.75) is 145 Å². The Morgan fingerprint density at radius 2 is 1.20 bits per heavy atom. The molecule has 0 aliphatic carbocycles. The predicted molar refractivity (Wildman–Crippen MR) is 319 cm³/mol. The number of aromatic hydroxyl groups is 1. The summed E-state index contributed by atoms with van der Waals surface area (Å²) in [4.78, 5) is 104. The number of phenolic OH excluding ortho intramolecular Hbond substituents is 1. The van der Waals surface area contributed by atoms with Crippen LogP contribution in [0.1, 0.15) is 81.8 Å². The van der Waals surface area contributed by atoms with Gasteiger partial charge in [0.2, 0.25) is 35.4 Å². The Kier molecular flexibility index (Phi) is 24.3. The summed E-state index contributed by atoms with van der Waals surface area (Å²) in [6, 6.07) is 15.2. The largest absolute Gasteiger partial charge is 0.508 e. The molecule has 7 amide bonds. The van der Waals surface area contributed by atoms with Gasteiger partial charge in [0.25, 0.3) is 5.91 Å². The molecule has 0 radical (unpaired) electrons. The minimum Gasteiger partial charge on any atom is -0.508 e. The van der Waals surface area contributed by atoms with E-state index in [1.807, 2.05) is 48.5 Å². The first-order valence-electron chi connectivity index (χ1n) is 29.7. The number of rotatable bonds is 20. The molecule has 4 aromatic carbocycles. The number of aliphatic hydroxyl groups is 8. The number of fused-ring (bicyclic) bond motifs is 2. The van der Waals surface area contributed by atoms with Crippen LogP contribution in [0.25, 0.3) is 22.3 Å². The lowest BCUT2D eigenvalue weighted by Gasteiger charge is -2.34. The number of amides is 7. The zero-order chi connectivity index (χ0) is 63.9. The Bertz CT molecular complexity index is 2990. The summed E-state index contributed by atoms with van der Waals surface area (Å²) in [5.41, 5.74) is 3.44. The maximum atomic E-state index is 14.8. The number of hydrogen-bond donors (Lipinski definition) is 16. The third-order valence-electron chi connectivity index (χ3n) is 16.0. The molecule has 0 bridgehead atoms. The van der Waals surface area contributed by atoms with Crippen LogP contribution in [0.15, 0.2) is 97.1 Å². The van der Waals surface area contributed by atoms with Crippen molar-refractivity contribution in [3.8, 4) is 33.8 Å². The summed E-state index contributed by atoms with van der Waals surface area (Å²) in [5, 5.41) is 118. The van der Waals surface area contributed by atoms with E-state index in [0.29, 0.717) is 6.61 Å². The highest BCUT2D eigenvalue weighted by Gasteiger charge is 2.50. The molecule has 3 saturated heterocycles. The van der Waals surface area contributed by atoms with Crippen LogP contribution in [0.2, 0.25) is 0 Å². The van der Waals surface area contributed by atoms with E-state index in [1.54, 1.807) is 12.1 Å². The Morgan fingerprint density at radius 3 is 1.78 bits per heavy atom. The number of nitrogens with zero attached hydrogens (tertiary/aromatic N) is 2. The number of nitrogens with one attached hydrogen (secondary N) is 7. The first-order valence-corrected chi connectivity index (χ1v) is 29.7. The van der Waals surface area contributed by atoms with Gasteiger partial charge in [-0.3, -0.25) is 38.9 Å². The number of aliphatic hydroxyl groups excluding tert-OH is 8. The van der Waals surface area contributed by atoms with Gasteiger partial charge in [-0.15, -0.1) is 0 Å². The molecule has 7 rings (SSSR count). The average molecular weight is 1230 g/mol. The van der Waals surface area contributed by atoms with Gasteiger partial charge in [-0.25, -0.2) is 0 Å². The first-order chi connectivity index (χ1) is 42.0. The summed E-state index contributed by atoms with van der Waals surface area (Å²) >= 11 is 0. The quantitative estimate of drug-likeness (QED) is 0.0436. The summed E-state index contributed by atoms with van der Waals surface area (Å²) in [7, 11) is 0. The summed E-state index contributed by atoms with van der Waals surface area (Å²) in [5.74, 6) is -8.26. The van der Waals surface area contributed by atoms with E-state index in [1.165, 1.54) is 43.3 Å². The average Bonchev–Trinajstić information content (AvgIpc) is 2.10. The molecule has 0 aromatic heterocycles. The van der Waals surface area contributed by atoms with Crippen LogP contribution in [0, 0.1) is 5.92 Å². The van der Waals surface area contributed by atoms with Crippen molar-refractivity contribution in [3.05, 3.63) is 108 Å². The minimum absolute atomic E-state index is 0.0346. The van der Waals surface area contributed by atoms with Crippen molar-refractivity contribution in [2.75, 3.05) is 45.9 Å². The topological polar surface area (TPSA) is 401 Å². The van der Waals surface area contributed by atoms with E-state index in [4.69, 9.17) is 4.74 Å². The highest BCUT2D eigenvalue weighted by molar-refractivity contribution is 6.00. The van der Waals surface area contributed by atoms with E-state index < -0.39 is 152 Å². The summed E-state index contributed by atoms with van der Waals surface area (Å²) in [6.45, 7) is 5.64.